The topological polar surface area (TPSA) is 72.6 Å². The van der Waals surface area contributed by atoms with Crippen molar-refractivity contribution < 1.29 is 9.84 Å². The number of nitrogens with zero attached hydrogens (tertiary/aromatic N) is 4. The first-order valence-electron chi connectivity index (χ1n) is 7.75. The zero-order valence-electron chi connectivity index (χ0n) is 12.9. The lowest BCUT2D eigenvalue weighted by Crippen LogP contribution is -2.44. The average Bonchev–Trinajstić information content (AvgIpc) is 2.54. The highest BCUT2D eigenvalue weighted by Crippen LogP contribution is 2.05. The van der Waals surface area contributed by atoms with Crippen molar-refractivity contribution in [3.63, 3.8) is 0 Å². The van der Waals surface area contributed by atoms with Crippen molar-refractivity contribution in [3.05, 3.63) is 30.1 Å². The maximum absolute atomic E-state index is 10.3. The molecule has 22 heavy (non-hydrogen) atoms. The highest BCUT2D eigenvalue weighted by Gasteiger charge is 2.17. The van der Waals surface area contributed by atoms with Crippen LogP contribution < -0.4 is 0 Å². The number of aliphatic hydroxyl groups is 1. The SMILES string of the molecule is N#CCCN(Cc1ccccn1)CC(O)CN1CCOCC1. The molecule has 0 amide bonds. The molecular weight excluding hydrogens is 280 g/mol. The van der Waals surface area contributed by atoms with Gasteiger partial charge in [0, 0.05) is 51.9 Å². The molecule has 0 aliphatic carbocycles. The van der Waals surface area contributed by atoms with Gasteiger partial charge in [-0.2, -0.15) is 5.26 Å². The van der Waals surface area contributed by atoms with Crippen LogP contribution in [0.1, 0.15) is 12.1 Å². The number of hydrogen-bond donors (Lipinski definition) is 1. The van der Waals surface area contributed by atoms with Crippen LogP contribution in [-0.2, 0) is 11.3 Å². The molecule has 0 aromatic carbocycles. The Labute approximate surface area is 131 Å². The van der Waals surface area contributed by atoms with E-state index in [0.717, 1.165) is 32.0 Å². The Morgan fingerprint density at radius 1 is 1.41 bits per heavy atom. The second-order valence-corrected chi connectivity index (χ2v) is 5.53. The van der Waals surface area contributed by atoms with Gasteiger partial charge in [-0.05, 0) is 12.1 Å². The van der Waals surface area contributed by atoms with Gasteiger partial charge in [0.1, 0.15) is 0 Å². The van der Waals surface area contributed by atoms with Crippen LogP contribution in [0.4, 0.5) is 0 Å². The molecule has 1 atom stereocenters. The summed E-state index contributed by atoms with van der Waals surface area (Å²) in [6, 6.07) is 7.97. The van der Waals surface area contributed by atoms with E-state index in [-0.39, 0.29) is 0 Å². The molecule has 120 valence electrons. The molecule has 2 heterocycles. The number of aliphatic hydroxyl groups excluding tert-OH is 1. The fourth-order valence-corrected chi connectivity index (χ4v) is 2.60. The van der Waals surface area contributed by atoms with Gasteiger partial charge in [0.25, 0.3) is 0 Å². The highest BCUT2D eigenvalue weighted by molar-refractivity contribution is 5.03. The Kier molecular flexibility index (Phi) is 7.26. The third-order valence-electron chi connectivity index (χ3n) is 3.69. The summed E-state index contributed by atoms with van der Waals surface area (Å²) in [4.78, 5) is 8.63. The molecule has 1 fully saturated rings. The van der Waals surface area contributed by atoms with E-state index in [1.54, 1.807) is 6.20 Å². The number of hydrogen-bond acceptors (Lipinski definition) is 6. The molecule has 0 spiro atoms. The summed E-state index contributed by atoms with van der Waals surface area (Å²) in [6.07, 6.45) is 1.79. The largest absolute Gasteiger partial charge is 0.390 e. The van der Waals surface area contributed by atoms with Gasteiger partial charge in [0.05, 0.1) is 31.1 Å². The van der Waals surface area contributed by atoms with Gasteiger partial charge in [-0.15, -0.1) is 0 Å². The molecule has 0 saturated carbocycles. The van der Waals surface area contributed by atoms with Crippen molar-refractivity contribution in [1.82, 2.24) is 14.8 Å². The Balaban J connectivity index is 1.83. The quantitative estimate of drug-likeness (QED) is 0.753. The van der Waals surface area contributed by atoms with E-state index >= 15 is 0 Å². The van der Waals surface area contributed by atoms with Crippen molar-refractivity contribution in [2.45, 2.75) is 19.1 Å². The minimum atomic E-state index is -0.430. The minimum Gasteiger partial charge on any atom is -0.390 e. The van der Waals surface area contributed by atoms with Gasteiger partial charge in [-0.25, -0.2) is 0 Å². The monoisotopic (exact) mass is 304 g/mol. The Morgan fingerprint density at radius 2 is 2.23 bits per heavy atom. The van der Waals surface area contributed by atoms with Gasteiger partial charge in [0.15, 0.2) is 0 Å². The zero-order valence-corrected chi connectivity index (χ0v) is 12.9. The van der Waals surface area contributed by atoms with E-state index < -0.39 is 6.10 Å². The summed E-state index contributed by atoms with van der Waals surface area (Å²) >= 11 is 0. The summed E-state index contributed by atoms with van der Waals surface area (Å²) in [5, 5.41) is 19.1. The lowest BCUT2D eigenvalue weighted by atomic mass is 10.2. The van der Waals surface area contributed by atoms with E-state index in [1.807, 2.05) is 18.2 Å². The number of aromatic nitrogens is 1. The highest BCUT2D eigenvalue weighted by atomic mass is 16.5. The van der Waals surface area contributed by atoms with Crippen LogP contribution in [0.3, 0.4) is 0 Å². The molecule has 6 heteroatoms. The summed E-state index contributed by atoms with van der Waals surface area (Å²) in [7, 11) is 0. The predicted molar refractivity (Wildman–Crippen MR) is 83.0 cm³/mol. The number of morpholine rings is 1. The minimum absolute atomic E-state index is 0.430. The summed E-state index contributed by atoms with van der Waals surface area (Å²) < 4.78 is 5.32. The normalized spacial score (nSPS) is 17.3. The third kappa shape index (κ3) is 6.08. The molecule has 1 saturated heterocycles. The molecule has 1 aliphatic heterocycles. The first-order chi connectivity index (χ1) is 10.8. The number of β-amino-alcohol motifs (C(OH)–C–C–N with tert-alkyl or cyclic N) is 1. The summed E-state index contributed by atoms with van der Waals surface area (Å²) in [5.41, 5.74) is 0.957. The van der Waals surface area contributed by atoms with Crippen LogP contribution in [-0.4, -0.2) is 71.9 Å². The fourth-order valence-electron chi connectivity index (χ4n) is 2.60. The maximum atomic E-state index is 10.3. The van der Waals surface area contributed by atoms with Crippen molar-refractivity contribution >= 4 is 0 Å². The van der Waals surface area contributed by atoms with Crippen LogP contribution in [0, 0.1) is 11.3 Å². The van der Waals surface area contributed by atoms with E-state index in [1.165, 1.54) is 0 Å². The lowest BCUT2D eigenvalue weighted by Gasteiger charge is -2.30. The van der Waals surface area contributed by atoms with Gasteiger partial charge in [-0.3, -0.25) is 14.8 Å². The summed E-state index contributed by atoms with van der Waals surface area (Å²) in [5.74, 6) is 0. The molecule has 1 aliphatic rings. The van der Waals surface area contributed by atoms with E-state index in [9.17, 15) is 5.11 Å². The molecular formula is C16H24N4O2. The standard InChI is InChI=1S/C16H24N4O2/c17-5-3-7-20(12-15-4-1-2-6-18-15)14-16(21)13-19-8-10-22-11-9-19/h1-2,4,6,16,21H,3,7-14H2. The molecule has 1 aromatic heterocycles. The zero-order chi connectivity index (χ0) is 15.6. The average molecular weight is 304 g/mol. The molecule has 1 aromatic rings. The second-order valence-electron chi connectivity index (χ2n) is 5.53. The molecule has 0 radical (unpaired) electrons. The van der Waals surface area contributed by atoms with E-state index in [0.29, 0.717) is 32.6 Å². The first kappa shape index (κ1) is 16.8. The number of ether oxygens (including phenoxy) is 1. The van der Waals surface area contributed by atoms with Crippen LogP contribution in [0.2, 0.25) is 0 Å². The van der Waals surface area contributed by atoms with Crippen molar-refractivity contribution in [3.8, 4) is 6.07 Å². The van der Waals surface area contributed by atoms with Crippen LogP contribution in [0.15, 0.2) is 24.4 Å². The number of nitriles is 1. The van der Waals surface area contributed by atoms with Crippen molar-refractivity contribution in [2.75, 3.05) is 45.9 Å². The molecule has 1 unspecified atom stereocenters. The molecule has 0 bridgehead atoms. The third-order valence-corrected chi connectivity index (χ3v) is 3.69. The van der Waals surface area contributed by atoms with Gasteiger partial charge in [-0.1, -0.05) is 6.07 Å². The molecule has 6 nitrogen and oxygen atoms in total. The van der Waals surface area contributed by atoms with Crippen LogP contribution in [0.5, 0.6) is 0 Å². The van der Waals surface area contributed by atoms with Crippen molar-refractivity contribution in [2.24, 2.45) is 0 Å². The van der Waals surface area contributed by atoms with Crippen molar-refractivity contribution in [1.29, 1.82) is 5.26 Å². The lowest BCUT2D eigenvalue weighted by molar-refractivity contribution is 0.00635. The Morgan fingerprint density at radius 3 is 2.91 bits per heavy atom. The Hall–Kier alpha value is -1.52. The van der Waals surface area contributed by atoms with E-state index in [2.05, 4.69) is 20.9 Å². The maximum Gasteiger partial charge on any atom is 0.0793 e. The molecule has 1 N–H and O–H groups in total. The van der Waals surface area contributed by atoms with Crippen LogP contribution in [0.25, 0.3) is 0 Å². The Bertz CT molecular complexity index is 457. The molecule has 2 rings (SSSR count). The predicted octanol–water partition coefficient (Wildman–Crippen LogP) is 0.490. The van der Waals surface area contributed by atoms with Crippen LogP contribution >= 0.6 is 0 Å². The first-order valence-corrected chi connectivity index (χ1v) is 7.75. The smallest absolute Gasteiger partial charge is 0.0793 e. The van der Waals surface area contributed by atoms with E-state index in [4.69, 9.17) is 10.00 Å². The number of rotatable bonds is 8. The van der Waals surface area contributed by atoms with Gasteiger partial charge < -0.3 is 9.84 Å². The second kappa shape index (κ2) is 9.49. The number of pyridine rings is 1. The van der Waals surface area contributed by atoms with Gasteiger partial charge >= 0.3 is 0 Å². The summed E-state index contributed by atoms with van der Waals surface area (Å²) in [6.45, 7) is 5.71. The van der Waals surface area contributed by atoms with Gasteiger partial charge in [0.2, 0.25) is 0 Å². The fraction of sp³-hybridized carbons (Fsp3) is 0.625.